The van der Waals surface area contributed by atoms with Gasteiger partial charge in [-0.3, -0.25) is 4.79 Å². The van der Waals surface area contributed by atoms with Gasteiger partial charge in [-0.25, -0.2) is 0 Å². The second-order valence-electron chi connectivity index (χ2n) is 5.64. The molecular formula is C12H23N3OS2. The molecule has 0 unspecified atom stereocenters. The third-order valence-corrected chi connectivity index (χ3v) is 4.13. The number of rotatable bonds is 2. The molecule has 0 saturated carbocycles. The molecule has 1 rings (SSSR count). The van der Waals surface area contributed by atoms with E-state index in [0.717, 1.165) is 30.5 Å². The smallest absolute Gasteiger partial charge is 0.230 e. The first kappa shape index (κ1) is 15.7. The Labute approximate surface area is 119 Å². The monoisotopic (exact) mass is 289 g/mol. The summed E-state index contributed by atoms with van der Waals surface area (Å²) in [6, 6.07) is 0. The van der Waals surface area contributed by atoms with Crippen LogP contribution < -0.4 is 5.32 Å². The number of thioether (sulfide) groups is 1. The summed E-state index contributed by atoms with van der Waals surface area (Å²) in [6.45, 7) is 9.94. The SMILES string of the molecule is CN1CCN(C(=S)SCC(=O)NC(C)(C)C)CC1. The van der Waals surface area contributed by atoms with Crippen molar-refractivity contribution in [1.82, 2.24) is 15.1 Å². The van der Waals surface area contributed by atoms with Crippen molar-refractivity contribution in [3.8, 4) is 0 Å². The van der Waals surface area contributed by atoms with Crippen LogP contribution in [0.5, 0.6) is 0 Å². The number of piperazine rings is 1. The van der Waals surface area contributed by atoms with E-state index < -0.39 is 0 Å². The van der Waals surface area contributed by atoms with E-state index in [9.17, 15) is 4.79 Å². The summed E-state index contributed by atoms with van der Waals surface area (Å²) in [5.41, 5.74) is -0.174. The van der Waals surface area contributed by atoms with Gasteiger partial charge in [0.15, 0.2) is 0 Å². The van der Waals surface area contributed by atoms with Gasteiger partial charge < -0.3 is 15.1 Å². The van der Waals surface area contributed by atoms with Gasteiger partial charge in [0.05, 0.1) is 5.75 Å². The molecule has 0 aromatic rings. The van der Waals surface area contributed by atoms with Crippen LogP contribution in [0.4, 0.5) is 0 Å². The van der Waals surface area contributed by atoms with Crippen molar-refractivity contribution in [3.05, 3.63) is 0 Å². The number of likely N-dealkylation sites (N-methyl/N-ethyl adjacent to an activating group) is 1. The number of amides is 1. The zero-order chi connectivity index (χ0) is 13.8. The zero-order valence-corrected chi connectivity index (χ0v) is 13.3. The highest BCUT2D eigenvalue weighted by atomic mass is 32.2. The second kappa shape index (κ2) is 6.73. The summed E-state index contributed by atoms with van der Waals surface area (Å²) in [5.74, 6) is 0.451. The molecule has 4 nitrogen and oxygen atoms in total. The Kier molecular flexibility index (Phi) is 5.88. The van der Waals surface area contributed by atoms with Crippen LogP contribution in [0.25, 0.3) is 0 Å². The van der Waals surface area contributed by atoms with E-state index in [4.69, 9.17) is 12.2 Å². The van der Waals surface area contributed by atoms with E-state index in [2.05, 4.69) is 22.2 Å². The second-order valence-corrected chi connectivity index (χ2v) is 7.25. The van der Waals surface area contributed by atoms with Crippen molar-refractivity contribution < 1.29 is 4.79 Å². The van der Waals surface area contributed by atoms with Gasteiger partial charge in [0.25, 0.3) is 0 Å². The summed E-state index contributed by atoms with van der Waals surface area (Å²) < 4.78 is 0.840. The van der Waals surface area contributed by atoms with E-state index >= 15 is 0 Å². The Bertz CT molecular complexity index is 307. The molecule has 0 aromatic heterocycles. The molecule has 1 aliphatic heterocycles. The first-order valence-corrected chi connectivity index (χ1v) is 7.58. The van der Waals surface area contributed by atoms with Crippen molar-refractivity contribution in [2.24, 2.45) is 0 Å². The molecule has 1 N–H and O–H groups in total. The van der Waals surface area contributed by atoms with Crippen molar-refractivity contribution in [2.45, 2.75) is 26.3 Å². The van der Waals surface area contributed by atoms with E-state index in [1.165, 1.54) is 11.8 Å². The topological polar surface area (TPSA) is 35.6 Å². The predicted molar refractivity (Wildman–Crippen MR) is 82.0 cm³/mol. The van der Waals surface area contributed by atoms with Crippen LogP contribution in [0.15, 0.2) is 0 Å². The highest BCUT2D eigenvalue weighted by molar-refractivity contribution is 8.23. The molecule has 0 spiro atoms. The maximum atomic E-state index is 11.7. The molecule has 1 heterocycles. The molecule has 1 amide bonds. The fourth-order valence-corrected chi connectivity index (χ4v) is 2.71. The van der Waals surface area contributed by atoms with Gasteiger partial charge in [0, 0.05) is 31.7 Å². The lowest BCUT2D eigenvalue weighted by atomic mass is 10.1. The highest BCUT2D eigenvalue weighted by Gasteiger charge is 2.18. The molecular weight excluding hydrogens is 266 g/mol. The third-order valence-electron chi connectivity index (χ3n) is 2.60. The van der Waals surface area contributed by atoms with E-state index in [1.54, 1.807) is 0 Å². The molecule has 1 aliphatic rings. The van der Waals surface area contributed by atoms with Gasteiger partial charge in [-0.05, 0) is 27.8 Å². The normalized spacial score (nSPS) is 17.7. The summed E-state index contributed by atoms with van der Waals surface area (Å²) >= 11 is 6.82. The van der Waals surface area contributed by atoms with Crippen LogP contribution in [0.3, 0.4) is 0 Å². The minimum atomic E-state index is -0.174. The van der Waals surface area contributed by atoms with Gasteiger partial charge in [-0.2, -0.15) is 0 Å². The highest BCUT2D eigenvalue weighted by Crippen LogP contribution is 2.12. The van der Waals surface area contributed by atoms with E-state index in [1.807, 2.05) is 20.8 Å². The zero-order valence-electron chi connectivity index (χ0n) is 11.7. The van der Waals surface area contributed by atoms with Crippen LogP contribution in [0.2, 0.25) is 0 Å². The minimum Gasteiger partial charge on any atom is -0.355 e. The fraction of sp³-hybridized carbons (Fsp3) is 0.833. The number of hydrogen-bond donors (Lipinski definition) is 1. The number of nitrogens with one attached hydrogen (secondary N) is 1. The van der Waals surface area contributed by atoms with Crippen molar-refractivity contribution in [3.63, 3.8) is 0 Å². The summed E-state index contributed by atoms with van der Waals surface area (Å²) in [7, 11) is 2.12. The van der Waals surface area contributed by atoms with Crippen LogP contribution in [0, 0.1) is 0 Å². The van der Waals surface area contributed by atoms with Gasteiger partial charge in [0.1, 0.15) is 4.32 Å². The van der Waals surface area contributed by atoms with E-state index in [-0.39, 0.29) is 11.4 Å². The molecule has 0 radical (unpaired) electrons. The van der Waals surface area contributed by atoms with Crippen LogP contribution >= 0.6 is 24.0 Å². The number of thiocarbonyl (C=S) groups is 1. The van der Waals surface area contributed by atoms with Gasteiger partial charge >= 0.3 is 0 Å². The molecule has 0 aromatic carbocycles. The quantitative estimate of drug-likeness (QED) is 0.772. The van der Waals surface area contributed by atoms with Crippen LogP contribution in [0.1, 0.15) is 20.8 Å². The minimum absolute atomic E-state index is 0.0453. The third kappa shape index (κ3) is 6.02. The Morgan fingerprint density at radius 1 is 1.28 bits per heavy atom. The van der Waals surface area contributed by atoms with Gasteiger partial charge in [-0.15, -0.1) is 0 Å². The summed E-state index contributed by atoms with van der Waals surface area (Å²) in [5, 5.41) is 2.94. The number of carbonyl (C=O) groups is 1. The first-order chi connectivity index (χ1) is 8.28. The Morgan fingerprint density at radius 3 is 2.33 bits per heavy atom. The van der Waals surface area contributed by atoms with Gasteiger partial charge in [0.2, 0.25) is 5.91 Å². The molecule has 0 bridgehead atoms. The van der Waals surface area contributed by atoms with Crippen molar-refractivity contribution >= 4 is 34.2 Å². The average Bonchev–Trinajstić information content (AvgIpc) is 2.24. The fourth-order valence-electron chi connectivity index (χ4n) is 1.66. The summed E-state index contributed by atoms with van der Waals surface area (Å²) in [4.78, 5) is 16.2. The largest absolute Gasteiger partial charge is 0.355 e. The molecule has 1 saturated heterocycles. The molecule has 18 heavy (non-hydrogen) atoms. The lowest BCUT2D eigenvalue weighted by Gasteiger charge is -2.33. The Hall–Kier alpha value is -0.330. The first-order valence-electron chi connectivity index (χ1n) is 6.19. The molecule has 1 fully saturated rings. The van der Waals surface area contributed by atoms with Crippen molar-refractivity contribution in [2.75, 3.05) is 39.0 Å². The standard InChI is InChI=1S/C12H23N3OS2/c1-12(2,3)13-10(16)9-18-11(17)15-7-5-14(4)6-8-15/h5-9H2,1-4H3,(H,13,16). The maximum Gasteiger partial charge on any atom is 0.230 e. The van der Waals surface area contributed by atoms with E-state index in [0.29, 0.717) is 5.75 Å². The number of carbonyl (C=O) groups excluding carboxylic acids is 1. The molecule has 0 atom stereocenters. The van der Waals surface area contributed by atoms with Crippen molar-refractivity contribution in [1.29, 1.82) is 0 Å². The number of nitrogens with zero attached hydrogens (tertiary/aromatic N) is 2. The Morgan fingerprint density at radius 2 is 1.83 bits per heavy atom. The lowest BCUT2D eigenvalue weighted by molar-refractivity contribution is -0.119. The Balaban J connectivity index is 2.27. The molecule has 6 heteroatoms. The van der Waals surface area contributed by atoms with Crippen LogP contribution in [-0.2, 0) is 4.79 Å². The molecule has 104 valence electrons. The van der Waals surface area contributed by atoms with Gasteiger partial charge in [-0.1, -0.05) is 24.0 Å². The van der Waals surface area contributed by atoms with Crippen LogP contribution in [-0.4, -0.2) is 64.5 Å². The average molecular weight is 289 g/mol. The molecule has 0 aliphatic carbocycles. The predicted octanol–water partition coefficient (Wildman–Crippen LogP) is 1.17. The summed E-state index contributed by atoms with van der Waals surface area (Å²) in [6.07, 6.45) is 0. The number of hydrogen-bond acceptors (Lipinski definition) is 4. The maximum absolute atomic E-state index is 11.7. The lowest BCUT2D eigenvalue weighted by Crippen LogP contribution is -2.46.